The van der Waals surface area contributed by atoms with Crippen molar-refractivity contribution < 1.29 is 0 Å². The fourth-order valence-corrected chi connectivity index (χ4v) is 4.07. The summed E-state index contributed by atoms with van der Waals surface area (Å²) in [5.74, 6) is 0.888. The van der Waals surface area contributed by atoms with Gasteiger partial charge in [0.25, 0.3) is 0 Å². The number of piperidine rings is 1. The van der Waals surface area contributed by atoms with Crippen molar-refractivity contribution in [2.45, 2.75) is 50.6 Å². The fraction of sp³-hybridized carbons (Fsp3) is 0.588. The number of nitrogens with zero attached hydrogens (tertiary/aromatic N) is 2. The molecule has 2 aliphatic rings. The maximum atomic E-state index is 9.19. The number of fused-ring (bicyclic) bond motifs is 1. The number of hydrogen-bond acceptors (Lipinski definition) is 2. The van der Waals surface area contributed by atoms with E-state index in [9.17, 15) is 5.26 Å². The summed E-state index contributed by atoms with van der Waals surface area (Å²) in [5.41, 5.74) is 1.32. The summed E-state index contributed by atoms with van der Waals surface area (Å²) in [4.78, 5) is 2.64. The molecule has 1 aliphatic carbocycles. The molecule has 2 nitrogen and oxygen atoms in total. The molecule has 2 heteroatoms. The Kier molecular flexibility index (Phi) is 3.84. The van der Waals surface area contributed by atoms with E-state index in [-0.39, 0.29) is 0 Å². The predicted octanol–water partition coefficient (Wildman–Crippen LogP) is 3.91. The van der Waals surface area contributed by atoms with Crippen molar-refractivity contribution in [3.8, 4) is 6.07 Å². The Labute approximate surface area is 116 Å². The van der Waals surface area contributed by atoms with Crippen LogP contribution in [-0.2, 0) is 0 Å². The number of nitriles is 1. The largest absolute Gasteiger partial charge is 0.292 e. The van der Waals surface area contributed by atoms with E-state index in [0.29, 0.717) is 12.5 Å². The quantitative estimate of drug-likeness (QED) is 0.817. The second kappa shape index (κ2) is 5.75. The molecule has 0 N–H and O–H groups in total. The molecule has 1 aromatic carbocycles. The minimum Gasteiger partial charge on any atom is -0.292 e. The molecule has 1 saturated heterocycles. The van der Waals surface area contributed by atoms with E-state index in [4.69, 9.17) is 0 Å². The summed E-state index contributed by atoms with van der Waals surface area (Å²) in [7, 11) is 0. The third-order valence-corrected chi connectivity index (χ3v) is 4.91. The van der Waals surface area contributed by atoms with Gasteiger partial charge in [0.1, 0.15) is 0 Å². The molecule has 19 heavy (non-hydrogen) atoms. The fourth-order valence-electron chi connectivity index (χ4n) is 4.07. The number of benzene rings is 1. The van der Waals surface area contributed by atoms with Gasteiger partial charge in [0.05, 0.1) is 12.5 Å². The van der Waals surface area contributed by atoms with Gasteiger partial charge in [-0.1, -0.05) is 36.8 Å². The molecule has 0 bridgehead atoms. The first-order valence-corrected chi connectivity index (χ1v) is 7.58. The normalized spacial score (nSPS) is 28.6. The lowest BCUT2D eigenvalue weighted by atomic mass is 9.88. The maximum Gasteiger partial charge on any atom is 0.0641 e. The van der Waals surface area contributed by atoms with Gasteiger partial charge >= 0.3 is 0 Å². The standard InChI is InChI=1S/C17H22N2/c18-12-11-17(14-6-2-1-3-7-14)19-13-5-9-15-8-4-10-16(15)19/h1-3,6-7,15-17H,4-5,8-11,13H2. The van der Waals surface area contributed by atoms with E-state index in [1.54, 1.807) is 0 Å². The van der Waals surface area contributed by atoms with Crippen LogP contribution in [-0.4, -0.2) is 17.5 Å². The molecule has 3 rings (SSSR count). The summed E-state index contributed by atoms with van der Waals surface area (Å²) in [5, 5.41) is 9.19. The number of hydrogen-bond donors (Lipinski definition) is 0. The Morgan fingerprint density at radius 1 is 1.16 bits per heavy atom. The molecule has 1 saturated carbocycles. The smallest absolute Gasteiger partial charge is 0.0641 e. The van der Waals surface area contributed by atoms with E-state index < -0.39 is 0 Å². The van der Waals surface area contributed by atoms with Crippen molar-refractivity contribution in [3.63, 3.8) is 0 Å². The van der Waals surface area contributed by atoms with Crippen molar-refractivity contribution in [2.24, 2.45) is 5.92 Å². The zero-order valence-corrected chi connectivity index (χ0v) is 11.5. The zero-order chi connectivity index (χ0) is 13.1. The first kappa shape index (κ1) is 12.7. The van der Waals surface area contributed by atoms with Crippen molar-refractivity contribution in [1.82, 2.24) is 4.90 Å². The van der Waals surface area contributed by atoms with Crippen LogP contribution in [0.5, 0.6) is 0 Å². The van der Waals surface area contributed by atoms with Gasteiger partial charge < -0.3 is 0 Å². The zero-order valence-electron chi connectivity index (χ0n) is 11.5. The molecule has 0 spiro atoms. The summed E-state index contributed by atoms with van der Waals surface area (Å²) in [6.45, 7) is 1.17. The third kappa shape index (κ3) is 2.53. The third-order valence-electron chi connectivity index (χ3n) is 4.91. The van der Waals surface area contributed by atoms with E-state index in [0.717, 1.165) is 12.0 Å². The Bertz CT molecular complexity index is 448. The second-order valence-electron chi connectivity index (χ2n) is 5.93. The average Bonchev–Trinajstić information content (AvgIpc) is 2.94. The first-order valence-electron chi connectivity index (χ1n) is 7.58. The number of likely N-dealkylation sites (tertiary alicyclic amines) is 1. The lowest BCUT2D eigenvalue weighted by Gasteiger charge is -2.42. The lowest BCUT2D eigenvalue weighted by molar-refractivity contribution is 0.0684. The average molecular weight is 254 g/mol. The monoisotopic (exact) mass is 254 g/mol. The van der Waals surface area contributed by atoms with Gasteiger partial charge in [-0.2, -0.15) is 5.26 Å². The maximum absolute atomic E-state index is 9.19. The Morgan fingerprint density at radius 3 is 2.74 bits per heavy atom. The van der Waals surface area contributed by atoms with Gasteiger partial charge in [0.2, 0.25) is 0 Å². The molecule has 3 atom stereocenters. The van der Waals surface area contributed by atoms with Crippen LogP contribution in [0.15, 0.2) is 30.3 Å². The van der Waals surface area contributed by atoms with Gasteiger partial charge in [0.15, 0.2) is 0 Å². The molecule has 1 aliphatic heterocycles. The first-order chi connectivity index (χ1) is 9.40. The van der Waals surface area contributed by atoms with Crippen molar-refractivity contribution in [3.05, 3.63) is 35.9 Å². The molecule has 0 aromatic heterocycles. The van der Waals surface area contributed by atoms with Crippen LogP contribution in [0.25, 0.3) is 0 Å². The van der Waals surface area contributed by atoms with Crippen LogP contribution < -0.4 is 0 Å². The van der Waals surface area contributed by atoms with Gasteiger partial charge in [-0.05, 0) is 43.7 Å². The van der Waals surface area contributed by atoms with E-state index in [1.165, 1.54) is 44.2 Å². The van der Waals surface area contributed by atoms with E-state index in [1.807, 2.05) is 0 Å². The van der Waals surface area contributed by atoms with Gasteiger partial charge in [-0.25, -0.2) is 0 Å². The van der Waals surface area contributed by atoms with Crippen LogP contribution in [0.3, 0.4) is 0 Å². The minimum atomic E-state index is 0.303. The molecule has 2 fully saturated rings. The van der Waals surface area contributed by atoms with E-state index in [2.05, 4.69) is 41.3 Å². The highest BCUT2D eigenvalue weighted by Crippen LogP contribution is 2.41. The molecule has 100 valence electrons. The summed E-state index contributed by atoms with van der Waals surface area (Å²) in [6.07, 6.45) is 7.42. The SMILES string of the molecule is N#CCC(c1ccccc1)N1CCCC2CCCC21. The predicted molar refractivity (Wildman–Crippen MR) is 76.5 cm³/mol. The van der Waals surface area contributed by atoms with E-state index >= 15 is 0 Å². The molecule has 1 heterocycles. The molecular formula is C17H22N2. The van der Waals surface area contributed by atoms with Crippen molar-refractivity contribution in [2.75, 3.05) is 6.54 Å². The second-order valence-corrected chi connectivity index (χ2v) is 5.93. The minimum absolute atomic E-state index is 0.303. The summed E-state index contributed by atoms with van der Waals surface area (Å²) in [6, 6.07) is 14.0. The lowest BCUT2D eigenvalue weighted by Crippen LogP contribution is -2.44. The van der Waals surface area contributed by atoms with Gasteiger partial charge in [-0.3, -0.25) is 4.90 Å². The highest BCUT2D eigenvalue weighted by atomic mass is 15.2. The molecule has 0 amide bonds. The topological polar surface area (TPSA) is 27.0 Å². The van der Waals surface area contributed by atoms with Crippen LogP contribution >= 0.6 is 0 Å². The van der Waals surface area contributed by atoms with Gasteiger partial charge in [0, 0.05) is 12.1 Å². The molecule has 3 unspecified atom stereocenters. The van der Waals surface area contributed by atoms with Gasteiger partial charge in [-0.15, -0.1) is 0 Å². The Hall–Kier alpha value is -1.33. The Balaban J connectivity index is 1.85. The van der Waals surface area contributed by atoms with Crippen molar-refractivity contribution in [1.29, 1.82) is 5.26 Å². The molecular weight excluding hydrogens is 232 g/mol. The Morgan fingerprint density at radius 2 is 1.95 bits per heavy atom. The summed E-state index contributed by atoms with van der Waals surface area (Å²) < 4.78 is 0. The summed E-state index contributed by atoms with van der Waals surface area (Å²) >= 11 is 0. The number of rotatable bonds is 3. The highest BCUT2D eigenvalue weighted by molar-refractivity contribution is 5.21. The van der Waals surface area contributed by atoms with Crippen LogP contribution in [0, 0.1) is 17.2 Å². The molecule has 1 aromatic rings. The van der Waals surface area contributed by atoms with Crippen LogP contribution in [0.4, 0.5) is 0 Å². The highest BCUT2D eigenvalue weighted by Gasteiger charge is 2.38. The van der Waals surface area contributed by atoms with Crippen molar-refractivity contribution >= 4 is 0 Å². The van der Waals surface area contributed by atoms with Crippen LogP contribution in [0.2, 0.25) is 0 Å². The molecule has 0 radical (unpaired) electrons. The van der Waals surface area contributed by atoms with Crippen LogP contribution in [0.1, 0.15) is 50.1 Å².